The summed E-state index contributed by atoms with van der Waals surface area (Å²) in [6.45, 7) is 9.58. The van der Waals surface area contributed by atoms with E-state index < -0.39 is 0 Å². The minimum Gasteiger partial charge on any atom is -0.434 e. The summed E-state index contributed by atoms with van der Waals surface area (Å²) in [5.74, 6) is 0.0310. The summed E-state index contributed by atoms with van der Waals surface area (Å²) < 4.78 is 5.08. The van der Waals surface area contributed by atoms with E-state index in [1.54, 1.807) is 12.2 Å². The lowest BCUT2D eigenvalue weighted by Crippen LogP contribution is -2.18. The molecule has 0 N–H and O–H groups in total. The number of allylic oxidation sites excluding steroid dienone is 4. The van der Waals surface area contributed by atoms with E-state index in [9.17, 15) is 4.79 Å². The molecule has 0 atom stereocenters. The number of hydrogen-bond donors (Lipinski definition) is 0. The minimum absolute atomic E-state index is 0.0828. The van der Waals surface area contributed by atoms with Crippen LogP contribution in [0, 0.1) is 5.92 Å². The van der Waals surface area contributed by atoms with Gasteiger partial charge in [-0.1, -0.05) is 57.4 Å². The Hall–Kier alpha value is -1.31. The molecule has 0 spiro atoms. The molecule has 1 aliphatic carbocycles. The molecule has 0 aromatic carbocycles. The van der Waals surface area contributed by atoms with Crippen LogP contribution < -0.4 is 0 Å². The first-order valence-electron chi connectivity index (χ1n) is 6.90. The van der Waals surface area contributed by atoms with E-state index in [1.165, 1.54) is 12.7 Å². The summed E-state index contributed by atoms with van der Waals surface area (Å²) in [6, 6.07) is 0. The van der Waals surface area contributed by atoms with Crippen LogP contribution >= 0.6 is 0 Å². The Balaban J connectivity index is 0.00000137. The lowest BCUT2D eigenvalue weighted by atomic mass is 9.89. The second kappa shape index (κ2) is 10.8. The number of esters is 1. The Morgan fingerprint density at radius 2 is 1.83 bits per heavy atom. The third-order valence-electron chi connectivity index (χ3n) is 2.88. The van der Waals surface area contributed by atoms with Crippen LogP contribution in [-0.4, -0.2) is 5.97 Å². The van der Waals surface area contributed by atoms with Gasteiger partial charge < -0.3 is 4.74 Å². The third kappa shape index (κ3) is 7.10. The molecule has 0 aromatic rings. The number of hydrogen-bond acceptors (Lipinski definition) is 2. The van der Waals surface area contributed by atoms with Gasteiger partial charge in [-0.15, -0.1) is 0 Å². The van der Waals surface area contributed by atoms with E-state index in [4.69, 9.17) is 4.74 Å². The Bertz CT molecular complexity index is 294. The fourth-order valence-corrected chi connectivity index (χ4v) is 1.80. The highest BCUT2D eigenvalue weighted by molar-refractivity contribution is 5.73. The number of carbonyl (C=O) groups is 1. The van der Waals surface area contributed by atoms with Gasteiger partial charge in [-0.3, -0.25) is 4.79 Å². The molecule has 0 aromatic heterocycles. The molecule has 0 amide bonds. The molecular weight excluding hydrogens is 224 g/mol. The average Bonchev–Trinajstić information content (AvgIpc) is 2.46. The first-order chi connectivity index (χ1) is 8.74. The fraction of sp³-hybridized carbons (Fsp3) is 0.562. The summed E-state index contributed by atoms with van der Waals surface area (Å²) >= 11 is 0. The lowest BCUT2D eigenvalue weighted by molar-refractivity contribution is -0.143. The largest absolute Gasteiger partial charge is 0.434 e. The molecule has 0 radical (unpaired) electrons. The predicted molar refractivity (Wildman–Crippen MR) is 77.1 cm³/mol. The molecule has 0 unspecified atom stereocenters. The highest BCUT2D eigenvalue weighted by atomic mass is 16.5. The van der Waals surface area contributed by atoms with Gasteiger partial charge in [0.15, 0.2) is 0 Å². The van der Waals surface area contributed by atoms with Gasteiger partial charge in [0.2, 0.25) is 0 Å². The molecule has 1 rings (SSSR count). The maximum atomic E-state index is 11.6. The smallest absolute Gasteiger partial charge is 0.313 e. The van der Waals surface area contributed by atoms with Gasteiger partial charge in [-0.2, -0.15) is 0 Å². The van der Waals surface area contributed by atoms with E-state index in [2.05, 4.69) is 6.58 Å². The molecule has 0 heterocycles. The van der Waals surface area contributed by atoms with Crippen LogP contribution in [0.2, 0.25) is 0 Å². The lowest BCUT2D eigenvalue weighted by Gasteiger charge is -2.18. The molecule has 0 bridgehead atoms. The quantitative estimate of drug-likeness (QED) is 0.407. The molecule has 18 heavy (non-hydrogen) atoms. The molecular formula is C16H26O2. The van der Waals surface area contributed by atoms with Crippen molar-refractivity contribution in [2.24, 2.45) is 5.92 Å². The SMILES string of the molecule is C=C/C(C)=C\C=C/OC(=O)C1CCCCC1.CC. The number of carbonyl (C=O) groups excluding carboxylic acids is 1. The third-order valence-corrected chi connectivity index (χ3v) is 2.88. The first-order valence-corrected chi connectivity index (χ1v) is 6.90. The minimum atomic E-state index is -0.0828. The van der Waals surface area contributed by atoms with Crippen LogP contribution in [0.5, 0.6) is 0 Å². The topological polar surface area (TPSA) is 26.3 Å². The van der Waals surface area contributed by atoms with Gasteiger partial charge in [0.05, 0.1) is 12.2 Å². The molecule has 0 aliphatic heterocycles. The zero-order valence-electron chi connectivity index (χ0n) is 11.9. The second-order valence-corrected chi connectivity index (χ2v) is 4.22. The summed E-state index contributed by atoms with van der Waals surface area (Å²) in [5, 5.41) is 0. The van der Waals surface area contributed by atoms with Crippen LogP contribution in [0.4, 0.5) is 0 Å². The number of ether oxygens (including phenoxy) is 1. The van der Waals surface area contributed by atoms with E-state index in [-0.39, 0.29) is 11.9 Å². The van der Waals surface area contributed by atoms with Crippen molar-refractivity contribution in [3.05, 3.63) is 36.6 Å². The maximum absolute atomic E-state index is 11.6. The monoisotopic (exact) mass is 250 g/mol. The summed E-state index contributed by atoms with van der Waals surface area (Å²) in [6.07, 6.45) is 12.3. The Morgan fingerprint density at radius 1 is 1.22 bits per heavy atom. The van der Waals surface area contributed by atoms with Crippen molar-refractivity contribution in [2.75, 3.05) is 0 Å². The van der Waals surface area contributed by atoms with Gasteiger partial charge in [-0.25, -0.2) is 0 Å². The van der Waals surface area contributed by atoms with Crippen LogP contribution in [-0.2, 0) is 9.53 Å². The van der Waals surface area contributed by atoms with Crippen molar-refractivity contribution in [3.63, 3.8) is 0 Å². The second-order valence-electron chi connectivity index (χ2n) is 4.22. The van der Waals surface area contributed by atoms with Crippen molar-refractivity contribution in [1.82, 2.24) is 0 Å². The first kappa shape index (κ1) is 16.7. The van der Waals surface area contributed by atoms with Crippen LogP contribution in [0.3, 0.4) is 0 Å². The van der Waals surface area contributed by atoms with Crippen LogP contribution in [0.25, 0.3) is 0 Å². The Morgan fingerprint density at radius 3 is 2.39 bits per heavy atom. The van der Waals surface area contributed by atoms with E-state index in [0.29, 0.717) is 0 Å². The predicted octanol–water partition coefficient (Wildman–Crippen LogP) is 4.78. The van der Waals surface area contributed by atoms with E-state index >= 15 is 0 Å². The van der Waals surface area contributed by atoms with E-state index in [1.807, 2.05) is 26.8 Å². The number of rotatable bonds is 4. The highest BCUT2D eigenvalue weighted by Gasteiger charge is 2.21. The van der Waals surface area contributed by atoms with Crippen LogP contribution in [0.15, 0.2) is 36.6 Å². The van der Waals surface area contributed by atoms with Crippen LogP contribution in [0.1, 0.15) is 52.9 Å². The molecule has 1 aliphatic rings. The van der Waals surface area contributed by atoms with Gasteiger partial charge in [0.1, 0.15) is 0 Å². The molecule has 0 saturated heterocycles. The van der Waals surface area contributed by atoms with Gasteiger partial charge in [0.25, 0.3) is 0 Å². The molecule has 2 heteroatoms. The standard InChI is InChI=1S/C14H20O2.C2H6/c1-3-12(2)8-7-11-16-14(15)13-9-5-4-6-10-13;1-2/h3,7-8,11,13H,1,4-6,9-10H2,2H3;1-2H3/b11-7-,12-8-;. The summed E-state index contributed by atoms with van der Waals surface area (Å²) in [4.78, 5) is 11.6. The van der Waals surface area contributed by atoms with Crippen molar-refractivity contribution in [2.45, 2.75) is 52.9 Å². The van der Waals surface area contributed by atoms with Crippen molar-refractivity contribution in [3.8, 4) is 0 Å². The summed E-state index contributed by atoms with van der Waals surface area (Å²) in [5.41, 5.74) is 1.05. The van der Waals surface area contributed by atoms with Gasteiger partial charge in [0, 0.05) is 0 Å². The fourth-order valence-electron chi connectivity index (χ4n) is 1.80. The van der Waals surface area contributed by atoms with Crippen molar-refractivity contribution < 1.29 is 9.53 Å². The highest BCUT2D eigenvalue weighted by Crippen LogP contribution is 2.24. The van der Waals surface area contributed by atoms with Crippen molar-refractivity contribution >= 4 is 5.97 Å². The normalized spacial score (nSPS) is 16.9. The van der Waals surface area contributed by atoms with Gasteiger partial charge >= 0.3 is 5.97 Å². The Labute approximate surface area is 111 Å². The van der Waals surface area contributed by atoms with E-state index in [0.717, 1.165) is 31.3 Å². The maximum Gasteiger partial charge on any atom is 0.313 e. The average molecular weight is 250 g/mol. The Kier molecular flexibility index (Phi) is 10.0. The molecule has 102 valence electrons. The molecule has 2 nitrogen and oxygen atoms in total. The zero-order valence-corrected chi connectivity index (χ0v) is 11.9. The van der Waals surface area contributed by atoms with Gasteiger partial charge in [-0.05, 0) is 25.8 Å². The molecule has 1 saturated carbocycles. The van der Waals surface area contributed by atoms with Crippen molar-refractivity contribution in [1.29, 1.82) is 0 Å². The molecule has 1 fully saturated rings. The zero-order chi connectivity index (χ0) is 13.8. The summed E-state index contributed by atoms with van der Waals surface area (Å²) in [7, 11) is 0.